The van der Waals surface area contributed by atoms with Gasteiger partial charge in [-0.3, -0.25) is 9.78 Å². The number of carbonyl (C=O) groups excluding carboxylic acids is 1. The number of benzene rings is 1. The summed E-state index contributed by atoms with van der Waals surface area (Å²) in [6.45, 7) is 1.93. The van der Waals surface area contributed by atoms with Gasteiger partial charge in [0.1, 0.15) is 0 Å². The molecule has 4 rings (SSSR count). The van der Waals surface area contributed by atoms with Gasteiger partial charge < -0.3 is 4.57 Å². The van der Waals surface area contributed by atoms with Crippen LogP contribution < -0.4 is 0 Å². The summed E-state index contributed by atoms with van der Waals surface area (Å²) in [6, 6.07) is 9.96. The second-order valence-electron chi connectivity index (χ2n) is 6.57. The molecule has 2 aromatic heterocycles. The standard InChI is InChI=1S/C20H20N4OS/c1-13(18(25)16-9-8-14-5-3-6-15(14)11-16)26-20-23-22-19(24(20)2)17-7-4-10-21-12-17/h4,7-13H,3,5-6H2,1-2H3. The van der Waals surface area contributed by atoms with Crippen molar-refractivity contribution in [2.75, 3.05) is 0 Å². The van der Waals surface area contributed by atoms with E-state index >= 15 is 0 Å². The SMILES string of the molecule is CC(Sc1nnc(-c2cccnc2)n1C)C(=O)c1ccc2c(c1)CCC2. The summed E-state index contributed by atoms with van der Waals surface area (Å²) in [5, 5.41) is 9.03. The van der Waals surface area contributed by atoms with E-state index in [1.54, 1.807) is 12.4 Å². The fourth-order valence-electron chi connectivity index (χ4n) is 3.34. The minimum absolute atomic E-state index is 0.135. The number of aryl methyl sites for hydroxylation is 2. The number of nitrogens with zero attached hydrogens (tertiary/aromatic N) is 4. The van der Waals surface area contributed by atoms with Gasteiger partial charge in [0.05, 0.1) is 5.25 Å². The largest absolute Gasteiger partial charge is 0.305 e. The Kier molecular flexibility index (Phi) is 4.59. The number of thioether (sulfide) groups is 1. The molecule has 0 spiro atoms. The Balaban J connectivity index is 1.52. The molecule has 1 atom stereocenters. The number of carbonyl (C=O) groups is 1. The molecule has 26 heavy (non-hydrogen) atoms. The van der Waals surface area contributed by atoms with Crippen LogP contribution in [0.2, 0.25) is 0 Å². The smallest absolute Gasteiger partial charge is 0.191 e. The fourth-order valence-corrected chi connectivity index (χ4v) is 4.23. The Bertz CT molecular complexity index is 952. The minimum Gasteiger partial charge on any atom is -0.305 e. The normalized spacial score (nSPS) is 14.2. The summed E-state index contributed by atoms with van der Waals surface area (Å²) in [4.78, 5) is 17.0. The van der Waals surface area contributed by atoms with Crippen LogP contribution in [0, 0.1) is 0 Å². The predicted molar refractivity (Wildman–Crippen MR) is 102 cm³/mol. The van der Waals surface area contributed by atoms with Gasteiger partial charge in [0, 0.05) is 30.6 Å². The van der Waals surface area contributed by atoms with Crippen molar-refractivity contribution in [1.29, 1.82) is 0 Å². The molecule has 0 fully saturated rings. The Labute approximate surface area is 156 Å². The van der Waals surface area contributed by atoms with Crippen molar-refractivity contribution in [3.63, 3.8) is 0 Å². The molecule has 6 heteroatoms. The zero-order valence-electron chi connectivity index (χ0n) is 14.8. The van der Waals surface area contributed by atoms with E-state index in [4.69, 9.17) is 0 Å². The summed E-state index contributed by atoms with van der Waals surface area (Å²) in [5.41, 5.74) is 4.41. The summed E-state index contributed by atoms with van der Waals surface area (Å²) >= 11 is 1.44. The highest BCUT2D eigenvalue weighted by atomic mass is 32.2. The number of hydrogen-bond donors (Lipinski definition) is 0. The van der Waals surface area contributed by atoms with Gasteiger partial charge in [0.15, 0.2) is 16.8 Å². The Hall–Kier alpha value is -2.47. The van der Waals surface area contributed by atoms with E-state index in [1.807, 2.05) is 36.7 Å². The van der Waals surface area contributed by atoms with E-state index < -0.39 is 0 Å². The Morgan fingerprint density at radius 2 is 2.04 bits per heavy atom. The molecular formula is C20H20N4OS. The van der Waals surface area contributed by atoms with Gasteiger partial charge in [0.25, 0.3) is 0 Å². The first-order valence-electron chi connectivity index (χ1n) is 8.76. The molecule has 1 aliphatic rings. The molecule has 1 unspecified atom stereocenters. The van der Waals surface area contributed by atoms with Crippen LogP contribution in [0.4, 0.5) is 0 Å². The molecular weight excluding hydrogens is 344 g/mol. The van der Waals surface area contributed by atoms with Crippen molar-refractivity contribution in [3.8, 4) is 11.4 Å². The van der Waals surface area contributed by atoms with Crippen molar-refractivity contribution in [1.82, 2.24) is 19.7 Å². The van der Waals surface area contributed by atoms with Gasteiger partial charge in [-0.05, 0) is 55.5 Å². The number of rotatable bonds is 5. The molecule has 0 radical (unpaired) electrons. The van der Waals surface area contributed by atoms with Crippen LogP contribution in [-0.2, 0) is 19.9 Å². The number of Topliss-reactive ketones (excluding diaryl/α,β-unsaturated/α-hetero) is 1. The molecule has 1 aliphatic carbocycles. The maximum Gasteiger partial charge on any atom is 0.191 e. The van der Waals surface area contributed by atoms with Crippen LogP contribution in [0.25, 0.3) is 11.4 Å². The zero-order chi connectivity index (χ0) is 18.1. The molecule has 0 saturated carbocycles. The van der Waals surface area contributed by atoms with Gasteiger partial charge >= 0.3 is 0 Å². The van der Waals surface area contributed by atoms with E-state index in [1.165, 1.54) is 29.3 Å². The van der Waals surface area contributed by atoms with E-state index in [0.717, 1.165) is 34.9 Å². The third-order valence-electron chi connectivity index (χ3n) is 4.79. The molecule has 0 N–H and O–H groups in total. The molecule has 0 aliphatic heterocycles. The highest BCUT2D eigenvalue weighted by Crippen LogP contribution is 2.29. The molecule has 2 heterocycles. The summed E-state index contributed by atoms with van der Waals surface area (Å²) in [6.07, 6.45) is 6.89. The quantitative estimate of drug-likeness (QED) is 0.510. The molecule has 132 valence electrons. The van der Waals surface area contributed by atoms with Gasteiger partial charge in [-0.2, -0.15) is 0 Å². The van der Waals surface area contributed by atoms with E-state index in [9.17, 15) is 4.79 Å². The lowest BCUT2D eigenvalue weighted by Crippen LogP contribution is -2.14. The van der Waals surface area contributed by atoms with E-state index in [2.05, 4.69) is 27.3 Å². The lowest BCUT2D eigenvalue weighted by atomic mass is 10.0. The zero-order valence-corrected chi connectivity index (χ0v) is 15.7. The van der Waals surface area contributed by atoms with Crippen molar-refractivity contribution < 1.29 is 4.79 Å². The van der Waals surface area contributed by atoms with Crippen LogP contribution in [0.1, 0.15) is 34.8 Å². The van der Waals surface area contributed by atoms with Crippen molar-refractivity contribution in [2.45, 2.75) is 36.6 Å². The van der Waals surface area contributed by atoms with E-state index in [0.29, 0.717) is 0 Å². The predicted octanol–water partition coefficient (Wildman–Crippen LogP) is 3.73. The third kappa shape index (κ3) is 3.17. The maximum absolute atomic E-state index is 12.8. The molecule has 3 aromatic rings. The van der Waals surface area contributed by atoms with E-state index in [-0.39, 0.29) is 11.0 Å². The third-order valence-corrected chi connectivity index (χ3v) is 5.92. The topological polar surface area (TPSA) is 60.7 Å². The van der Waals surface area contributed by atoms with Gasteiger partial charge in [-0.25, -0.2) is 0 Å². The lowest BCUT2D eigenvalue weighted by Gasteiger charge is -2.11. The van der Waals surface area contributed by atoms with Gasteiger partial charge in [0.2, 0.25) is 0 Å². The fraction of sp³-hybridized carbons (Fsp3) is 0.300. The second kappa shape index (κ2) is 7.03. The molecule has 0 bridgehead atoms. The first kappa shape index (κ1) is 17.0. The number of aromatic nitrogens is 4. The van der Waals surface area contributed by atoms with Crippen molar-refractivity contribution in [3.05, 3.63) is 59.4 Å². The van der Waals surface area contributed by atoms with Crippen LogP contribution in [0.5, 0.6) is 0 Å². The summed E-state index contributed by atoms with van der Waals surface area (Å²) < 4.78 is 1.91. The molecule has 0 amide bonds. The molecule has 5 nitrogen and oxygen atoms in total. The average Bonchev–Trinajstić information content (AvgIpc) is 3.28. The van der Waals surface area contributed by atoms with Crippen molar-refractivity contribution in [2.24, 2.45) is 7.05 Å². The first-order chi connectivity index (χ1) is 12.6. The first-order valence-corrected chi connectivity index (χ1v) is 9.64. The van der Waals surface area contributed by atoms with Crippen LogP contribution in [-0.4, -0.2) is 30.8 Å². The summed E-state index contributed by atoms with van der Waals surface area (Å²) in [7, 11) is 1.91. The van der Waals surface area contributed by atoms with Gasteiger partial charge in [-0.1, -0.05) is 23.9 Å². The monoisotopic (exact) mass is 364 g/mol. The lowest BCUT2D eigenvalue weighted by molar-refractivity contribution is 0.0993. The number of fused-ring (bicyclic) bond motifs is 1. The minimum atomic E-state index is -0.223. The van der Waals surface area contributed by atoms with Crippen molar-refractivity contribution >= 4 is 17.5 Å². The molecule has 0 saturated heterocycles. The number of pyridine rings is 1. The summed E-state index contributed by atoms with van der Waals surface area (Å²) in [5.74, 6) is 0.883. The van der Waals surface area contributed by atoms with Crippen LogP contribution in [0.3, 0.4) is 0 Å². The highest BCUT2D eigenvalue weighted by Gasteiger charge is 2.22. The molecule has 1 aromatic carbocycles. The number of ketones is 1. The van der Waals surface area contributed by atoms with Crippen LogP contribution in [0.15, 0.2) is 47.9 Å². The average molecular weight is 364 g/mol. The highest BCUT2D eigenvalue weighted by molar-refractivity contribution is 8.00. The number of hydrogen-bond acceptors (Lipinski definition) is 5. The Morgan fingerprint density at radius 3 is 2.85 bits per heavy atom. The maximum atomic E-state index is 12.8. The second-order valence-corrected chi connectivity index (χ2v) is 7.88. The van der Waals surface area contributed by atoms with Gasteiger partial charge in [-0.15, -0.1) is 10.2 Å². The Morgan fingerprint density at radius 1 is 1.19 bits per heavy atom. The van der Waals surface area contributed by atoms with Crippen LogP contribution >= 0.6 is 11.8 Å².